The molecule has 0 fully saturated rings. The summed E-state index contributed by atoms with van der Waals surface area (Å²) in [5.74, 6) is -1.35. The number of halogens is 1. The second kappa shape index (κ2) is 7.84. The van der Waals surface area contributed by atoms with Gasteiger partial charge in [-0.1, -0.05) is 17.7 Å². The molecule has 9 heteroatoms. The van der Waals surface area contributed by atoms with Gasteiger partial charge in [0.2, 0.25) is 5.91 Å². The highest BCUT2D eigenvalue weighted by atomic mass is 35.5. The number of nitrogens with zero attached hydrogens (tertiary/aromatic N) is 1. The molecule has 1 atom stereocenters. The van der Waals surface area contributed by atoms with Crippen LogP contribution in [0.3, 0.4) is 0 Å². The molecule has 114 valence electrons. The summed E-state index contributed by atoms with van der Waals surface area (Å²) in [7, 11) is 0. The van der Waals surface area contributed by atoms with Crippen LogP contribution in [0.4, 0.5) is 5.69 Å². The molecule has 1 aromatic carbocycles. The largest absolute Gasteiger partial charge is 0.480 e. The number of hydrogen-bond acceptors (Lipinski definition) is 5. The standard InChI is InChI=1S/C12H13ClN2O5S/c1-7(16)14-10(12(17)18)6-21-5-8-9(13)3-2-4-11(8)15(19)20/h2-4,10H,5-6H2,1H3,(H,14,16)(H,17,18)/t10-/m0/s1. The Labute approximate surface area is 129 Å². The van der Waals surface area contributed by atoms with Gasteiger partial charge >= 0.3 is 5.97 Å². The zero-order chi connectivity index (χ0) is 16.0. The van der Waals surface area contributed by atoms with E-state index in [2.05, 4.69) is 5.32 Å². The molecule has 0 saturated heterocycles. The van der Waals surface area contributed by atoms with Crippen LogP contribution < -0.4 is 5.32 Å². The second-order valence-electron chi connectivity index (χ2n) is 4.10. The molecule has 1 amide bonds. The van der Waals surface area contributed by atoms with Crippen LogP contribution in [0.25, 0.3) is 0 Å². The first-order valence-electron chi connectivity index (χ1n) is 5.82. The van der Waals surface area contributed by atoms with Gasteiger partial charge in [0, 0.05) is 24.5 Å². The normalized spacial score (nSPS) is 11.7. The molecule has 0 saturated carbocycles. The van der Waals surface area contributed by atoms with Gasteiger partial charge in [0.1, 0.15) is 6.04 Å². The zero-order valence-corrected chi connectivity index (χ0v) is 12.6. The van der Waals surface area contributed by atoms with Gasteiger partial charge in [0.15, 0.2) is 0 Å². The van der Waals surface area contributed by atoms with Crippen LogP contribution in [-0.4, -0.2) is 33.7 Å². The number of nitro groups is 1. The van der Waals surface area contributed by atoms with E-state index in [9.17, 15) is 19.7 Å². The Morgan fingerprint density at radius 2 is 2.19 bits per heavy atom. The van der Waals surface area contributed by atoms with Crippen molar-refractivity contribution in [3.63, 3.8) is 0 Å². The minimum absolute atomic E-state index is 0.0806. The van der Waals surface area contributed by atoms with Gasteiger partial charge in [-0.05, 0) is 6.07 Å². The number of amides is 1. The number of rotatable bonds is 7. The first kappa shape index (κ1) is 17.3. The molecular formula is C12H13ClN2O5S. The van der Waals surface area contributed by atoms with Gasteiger partial charge in [-0.25, -0.2) is 4.79 Å². The van der Waals surface area contributed by atoms with Crippen molar-refractivity contribution in [1.29, 1.82) is 0 Å². The first-order valence-corrected chi connectivity index (χ1v) is 7.35. The first-order chi connectivity index (χ1) is 9.82. The van der Waals surface area contributed by atoms with Crippen LogP contribution in [0.1, 0.15) is 12.5 Å². The molecule has 0 radical (unpaired) electrons. The Kier molecular flexibility index (Phi) is 6.44. The Morgan fingerprint density at radius 3 is 2.71 bits per heavy atom. The zero-order valence-electron chi connectivity index (χ0n) is 11.0. The van der Waals surface area contributed by atoms with Crippen LogP contribution in [0.2, 0.25) is 5.02 Å². The van der Waals surface area contributed by atoms with E-state index >= 15 is 0 Å². The summed E-state index contributed by atoms with van der Waals surface area (Å²) >= 11 is 7.08. The van der Waals surface area contributed by atoms with Gasteiger partial charge in [0.05, 0.1) is 15.5 Å². The summed E-state index contributed by atoms with van der Waals surface area (Å²) in [6.45, 7) is 1.22. The van der Waals surface area contributed by atoms with E-state index in [1.54, 1.807) is 0 Å². The van der Waals surface area contributed by atoms with Crippen LogP contribution in [-0.2, 0) is 15.3 Å². The van der Waals surface area contributed by atoms with Crippen molar-refractivity contribution in [2.24, 2.45) is 0 Å². The van der Waals surface area contributed by atoms with Crippen LogP contribution in [0.5, 0.6) is 0 Å². The predicted octanol–water partition coefficient (Wildman–Crippen LogP) is 2.07. The minimum Gasteiger partial charge on any atom is -0.480 e. The van der Waals surface area contributed by atoms with Crippen molar-refractivity contribution in [2.75, 3.05) is 5.75 Å². The van der Waals surface area contributed by atoms with E-state index in [4.69, 9.17) is 16.7 Å². The molecule has 0 aliphatic carbocycles. The van der Waals surface area contributed by atoms with Crippen LogP contribution in [0, 0.1) is 10.1 Å². The summed E-state index contributed by atoms with van der Waals surface area (Å²) in [4.78, 5) is 32.2. The maximum Gasteiger partial charge on any atom is 0.327 e. The summed E-state index contributed by atoms with van der Waals surface area (Å²) in [5, 5.41) is 22.4. The average Bonchev–Trinajstić information content (AvgIpc) is 2.38. The van der Waals surface area contributed by atoms with Crippen molar-refractivity contribution in [3.8, 4) is 0 Å². The maximum absolute atomic E-state index is 11.0. The van der Waals surface area contributed by atoms with E-state index in [1.165, 1.54) is 25.1 Å². The topological polar surface area (TPSA) is 110 Å². The number of carboxylic acids is 1. The van der Waals surface area contributed by atoms with Crippen molar-refractivity contribution in [1.82, 2.24) is 5.32 Å². The number of thioether (sulfide) groups is 1. The van der Waals surface area contributed by atoms with Crippen molar-refractivity contribution < 1.29 is 19.6 Å². The summed E-state index contributed by atoms with van der Waals surface area (Å²) < 4.78 is 0. The van der Waals surface area contributed by atoms with Crippen molar-refractivity contribution in [2.45, 2.75) is 18.7 Å². The molecule has 21 heavy (non-hydrogen) atoms. The van der Waals surface area contributed by atoms with Crippen molar-refractivity contribution in [3.05, 3.63) is 38.9 Å². The molecule has 0 spiro atoms. The molecule has 0 unspecified atom stereocenters. The number of carbonyl (C=O) groups excluding carboxylic acids is 1. The third-order valence-electron chi connectivity index (χ3n) is 2.50. The monoisotopic (exact) mass is 332 g/mol. The molecule has 0 aliphatic heterocycles. The molecule has 0 aromatic heterocycles. The minimum atomic E-state index is -1.16. The smallest absolute Gasteiger partial charge is 0.327 e. The molecule has 2 N–H and O–H groups in total. The number of nitro benzene ring substituents is 1. The lowest BCUT2D eigenvalue weighted by Gasteiger charge is -2.13. The summed E-state index contributed by atoms with van der Waals surface area (Å²) in [6.07, 6.45) is 0. The van der Waals surface area contributed by atoms with E-state index in [-0.39, 0.29) is 22.2 Å². The molecule has 7 nitrogen and oxygen atoms in total. The fourth-order valence-corrected chi connectivity index (χ4v) is 2.96. The van der Waals surface area contributed by atoms with Gasteiger partial charge in [-0.15, -0.1) is 0 Å². The Balaban J connectivity index is 2.73. The highest BCUT2D eigenvalue weighted by molar-refractivity contribution is 7.98. The molecule has 1 aromatic rings. The third kappa shape index (κ3) is 5.24. The Morgan fingerprint density at radius 1 is 1.52 bits per heavy atom. The van der Waals surface area contributed by atoms with Gasteiger partial charge in [-0.2, -0.15) is 11.8 Å². The van der Waals surface area contributed by atoms with E-state index in [0.717, 1.165) is 11.8 Å². The second-order valence-corrected chi connectivity index (χ2v) is 5.54. The molecule has 0 bridgehead atoms. The lowest BCUT2D eigenvalue weighted by atomic mass is 10.2. The van der Waals surface area contributed by atoms with E-state index in [0.29, 0.717) is 5.56 Å². The number of benzene rings is 1. The van der Waals surface area contributed by atoms with E-state index in [1.807, 2.05) is 0 Å². The van der Waals surface area contributed by atoms with Crippen LogP contribution >= 0.6 is 23.4 Å². The summed E-state index contributed by atoms with van der Waals surface area (Å²) in [5.41, 5.74) is 0.225. The SMILES string of the molecule is CC(=O)N[C@@H](CSCc1c(Cl)cccc1[N+](=O)[O-])C(=O)O. The van der Waals surface area contributed by atoms with E-state index < -0.39 is 22.8 Å². The van der Waals surface area contributed by atoms with Crippen LogP contribution in [0.15, 0.2) is 18.2 Å². The number of aliphatic carboxylic acids is 1. The quantitative estimate of drug-likeness (QED) is 0.584. The van der Waals surface area contributed by atoms with Gasteiger partial charge < -0.3 is 10.4 Å². The molecule has 0 aliphatic rings. The number of carbonyl (C=O) groups is 2. The third-order valence-corrected chi connectivity index (χ3v) is 3.91. The summed E-state index contributed by atoms with van der Waals surface area (Å²) in [6, 6.07) is 3.30. The highest BCUT2D eigenvalue weighted by Gasteiger charge is 2.20. The molecular weight excluding hydrogens is 320 g/mol. The predicted molar refractivity (Wildman–Crippen MR) is 79.5 cm³/mol. The fourth-order valence-electron chi connectivity index (χ4n) is 1.56. The fraction of sp³-hybridized carbons (Fsp3) is 0.333. The number of nitrogens with one attached hydrogen (secondary N) is 1. The Bertz CT molecular complexity index is 567. The number of carboxylic acid groups (broad SMARTS) is 1. The van der Waals surface area contributed by atoms with Gasteiger partial charge in [-0.3, -0.25) is 14.9 Å². The maximum atomic E-state index is 11.0. The lowest BCUT2D eigenvalue weighted by Crippen LogP contribution is -2.41. The lowest BCUT2D eigenvalue weighted by molar-refractivity contribution is -0.385. The highest BCUT2D eigenvalue weighted by Crippen LogP contribution is 2.30. The molecule has 1 rings (SSSR count). The average molecular weight is 333 g/mol. The van der Waals surface area contributed by atoms with Crippen molar-refractivity contribution >= 4 is 40.9 Å². The van der Waals surface area contributed by atoms with Gasteiger partial charge in [0.25, 0.3) is 5.69 Å². The Hall–Kier alpha value is -1.80. The number of hydrogen-bond donors (Lipinski definition) is 2. The molecule has 0 heterocycles.